The lowest BCUT2D eigenvalue weighted by atomic mass is 10.2. The van der Waals surface area contributed by atoms with Gasteiger partial charge in [-0.2, -0.15) is 0 Å². The molecule has 0 amide bonds. The Bertz CT molecular complexity index is 1320. The minimum absolute atomic E-state index is 0.00610. The van der Waals surface area contributed by atoms with Crippen LogP contribution in [0.1, 0.15) is 0 Å². The van der Waals surface area contributed by atoms with Gasteiger partial charge in [-0.05, 0) is 24.3 Å². The minimum atomic E-state index is -3.87. The summed E-state index contributed by atoms with van der Waals surface area (Å²) in [5, 5.41) is 7.84. The molecule has 0 aliphatic carbocycles. The Morgan fingerprint density at radius 1 is 1.11 bits per heavy atom. The molecular weight excluding hydrogens is 370 g/mol. The second-order valence-corrected chi connectivity index (χ2v) is 7.69. The minimum Gasteiger partial charge on any atom is -0.408 e. The molecule has 2 heterocycles. The summed E-state index contributed by atoms with van der Waals surface area (Å²) < 4.78 is 36.1. The molecular formula is C17H15N5O4S. The molecule has 9 nitrogen and oxygen atoms in total. The second kappa shape index (κ2) is 6.09. The Balaban J connectivity index is 1.70. The molecule has 27 heavy (non-hydrogen) atoms. The quantitative estimate of drug-likeness (QED) is 0.572. The summed E-state index contributed by atoms with van der Waals surface area (Å²) in [4.78, 5) is 11.6. The van der Waals surface area contributed by atoms with Crippen LogP contribution in [-0.2, 0) is 24.1 Å². The Kier molecular flexibility index (Phi) is 3.84. The van der Waals surface area contributed by atoms with Gasteiger partial charge in [-0.15, -0.1) is 10.2 Å². The molecule has 2 aromatic heterocycles. The van der Waals surface area contributed by atoms with Crippen LogP contribution in [0.25, 0.3) is 22.5 Å². The third-order valence-corrected chi connectivity index (χ3v) is 5.54. The van der Waals surface area contributed by atoms with Gasteiger partial charge in [-0.1, -0.05) is 12.1 Å². The number of hydrogen-bond acceptors (Lipinski definition) is 6. The predicted molar refractivity (Wildman–Crippen MR) is 98.7 cm³/mol. The Labute approximate surface area is 153 Å². The topological polar surface area (TPSA) is 112 Å². The Hall–Kier alpha value is -3.40. The summed E-state index contributed by atoms with van der Waals surface area (Å²) in [6.45, 7) is 0. The summed E-state index contributed by atoms with van der Waals surface area (Å²) in [7, 11) is -0.513. The van der Waals surface area contributed by atoms with E-state index < -0.39 is 15.8 Å². The van der Waals surface area contributed by atoms with E-state index >= 15 is 0 Å². The molecule has 0 unspecified atom stereocenters. The summed E-state index contributed by atoms with van der Waals surface area (Å²) in [5.41, 5.74) is 1.83. The van der Waals surface area contributed by atoms with Crippen LogP contribution in [0.2, 0.25) is 0 Å². The molecule has 138 valence electrons. The summed E-state index contributed by atoms with van der Waals surface area (Å²) >= 11 is 0. The van der Waals surface area contributed by atoms with Crippen LogP contribution >= 0.6 is 0 Å². The van der Waals surface area contributed by atoms with E-state index in [4.69, 9.17) is 4.42 Å². The van der Waals surface area contributed by atoms with Crippen molar-refractivity contribution < 1.29 is 12.8 Å². The van der Waals surface area contributed by atoms with Gasteiger partial charge in [0.1, 0.15) is 6.33 Å². The van der Waals surface area contributed by atoms with E-state index in [0.717, 1.165) is 5.56 Å². The van der Waals surface area contributed by atoms with Crippen molar-refractivity contribution in [2.45, 2.75) is 4.90 Å². The van der Waals surface area contributed by atoms with Crippen molar-refractivity contribution in [3.63, 3.8) is 0 Å². The van der Waals surface area contributed by atoms with Gasteiger partial charge in [0.2, 0.25) is 0 Å². The van der Waals surface area contributed by atoms with E-state index in [2.05, 4.69) is 14.9 Å². The van der Waals surface area contributed by atoms with Gasteiger partial charge in [-0.25, -0.2) is 13.2 Å². The molecule has 0 saturated carbocycles. The van der Waals surface area contributed by atoms with Crippen molar-refractivity contribution >= 4 is 26.8 Å². The van der Waals surface area contributed by atoms with Gasteiger partial charge >= 0.3 is 5.76 Å². The number of benzene rings is 2. The van der Waals surface area contributed by atoms with E-state index in [1.165, 1.54) is 22.8 Å². The zero-order valence-corrected chi connectivity index (χ0v) is 15.3. The highest BCUT2D eigenvalue weighted by Gasteiger charge is 2.17. The second-order valence-electron chi connectivity index (χ2n) is 6.01. The molecule has 0 aliphatic rings. The number of nitrogens with zero attached hydrogens (tertiary/aromatic N) is 4. The highest BCUT2D eigenvalue weighted by molar-refractivity contribution is 7.92. The zero-order valence-electron chi connectivity index (χ0n) is 14.4. The number of aromatic nitrogens is 4. The molecule has 0 fully saturated rings. The third-order valence-electron chi connectivity index (χ3n) is 4.16. The van der Waals surface area contributed by atoms with Crippen molar-refractivity contribution in [3.05, 3.63) is 59.3 Å². The number of aryl methyl sites for hydroxylation is 2. The maximum Gasteiger partial charge on any atom is 0.419 e. The first-order valence-electron chi connectivity index (χ1n) is 7.92. The van der Waals surface area contributed by atoms with Crippen molar-refractivity contribution in [3.8, 4) is 11.4 Å². The highest BCUT2D eigenvalue weighted by Crippen LogP contribution is 2.24. The average molecular weight is 385 g/mol. The lowest BCUT2D eigenvalue weighted by Crippen LogP contribution is -2.13. The standard InChI is InChI=1S/C17H15N5O4S/c1-21-10-18-19-16(21)11-4-3-5-12(8-11)20-27(24,25)13-6-7-14-15(9-13)26-17(23)22(14)2/h3-10,20H,1-2H3. The first kappa shape index (κ1) is 17.0. The van der Waals surface area contributed by atoms with Crippen molar-refractivity contribution in [1.29, 1.82) is 0 Å². The third kappa shape index (κ3) is 2.99. The number of sulfonamides is 1. The van der Waals surface area contributed by atoms with Crippen molar-refractivity contribution in [2.24, 2.45) is 14.1 Å². The molecule has 4 rings (SSSR count). The zero-order chi connectivity index (χ0) is 19.2. The number of fused-ring (bicyclic) bond motifs is 1. The number of rotatable bonds is 4. The van der Waals surface area contributed by atoms with E-state index in [1.807, 2.05) is 6.07 Å². The number of nitrogens with one attached hydrogen (secondary N) is 1. The van der Waals surface area contributed by atoms with Crippen LogP contribution in [0.15, 0.2) is 62.9 Å². The number of hydrogen-bond donors (Lipinski definition) is 1. The number of anilines is 1. The molecule has 0 saturated heterocycles. The van der Waals surface area contributed by atoms with Gasteiger partial charge in [0.25, 0.3) is 10.0 Å². The lowest BCUT2D eigenvalue weighted by molar-refractivity contribution is 0.527. The smallest absolute Gasteiger partial charge is 0.408 e. The van der Waals surface area contributed by atoms with Crippen molar-refractivity contribution in [2.75, 3.05) is 4.72 Å². The van der Waals surface area contributed by atoms with Crippen LogP contribution < -0.4 is 10.5 Å². The van der Waals surface area contributed by atoms with Gasteiger partial charge < -0.3 is 8.98 Å². The summed E-state index contributed by atoms with van der Waals surface area (Å²) in [6.07, 6.45) is 1.56. The van der Waals surface area contributed by atoms with Gasteiger partial charge in [0.05, 0.1) is 10.4 Å². The summed E-state index contributed by atoms with van der Waals surface area (Å²) in [5.74, 6) is 0.0624. The van der Waals surface area contributed by atoms with Crippen molar-refractivity contribution in [1.82, 2.24) is 19.3 Å². The van der Waals surface area contributed by atoms with E-state index in [0.29, 0.717) is 17.0 Å². The Morgan fingerprint density at radius 3 is 2.67 bits per heavy atom. The fraction of sp³-hybridized carbons (Fsp3) is 0.118. The molecule has 0 spiro atoms. The van der Waals surface area contributed by atoms with Gasteiger partial charge in [0.15, 0.2) is 11.4 Å². The normalized spacial score (nSPS) is 11.8. The molecule has 0 aliphatic heterocycles. The van der Waals surface area contributed by atoms with Crippen LogP contribution in [0, 0.1) is 0 Å². The fourth-order valence-electron chi connectivity index (χ4n) is 2.76. The van der Waals surface area contributed by atoms with Crippen LogP contribution in [0.3, 0.4) is 0 Å². The first-order valence-corrected chi connectivity index (χ1v) is 9.40. The maximum absolute atomic E-state index is 12.7. The van der Waals surface area contributed by atoms with E-state index in [9.17, 15) is 13.2 Å². The molecule has 1 N–H and O–H groups in total. The van der Waals surface area contributed by atoms with Crippen LogP contribution in [0.5, 0.6) is 0 Å². The maximum atomic E-state index is 12.7. The monoisotopic (exact) mass is 385 g/mol. The SMILES string of the molecule is Cn1cnnc1-c1cccc(NS(=O)(=O)c2ccc3c(c2)oc(=O)n3C)c1. The molecule has 4 aromatic rings. The van der Waals surface area contributed by atoms with Gasteiger partial charge in [0, 0.05) is 31.4 Å². The Morgan fingerprint density at radius 2 is 1.93 bits per heavy atom. The lowest BCUT2D eigenvalue weighted by Gasteiger charge is -2.09. The summed E-state index contributed by atoms with van der Waals surface area (Å²) in [6, 6.07) is 11.1. The first-order chi connectivity index (χ1) is 12.8. The molecule has 0 bridgehead atoms. The van der Waals surface area contributed by atoms with Gasteiger partial charge in [-0.3, -0.25) is 9.29 Å². The molecule has 10 heteroatoms. The molecule has 2 aromatic carbocycles. The predicted octanol–water partition coefficient (Wildman–Crippen LogP) is 1.73. The largest absolute Gasteiger partial charge is 0.419 e. The number of oxazole rings is 1. The van der Waals surface area contributed by atoms with E-state index in [1.54, 1.807) is 43.2 Å². The average Bonchev–Trinajstić information content (AvgIpc) is 3.18. The molecule has 0 atom stereocenters. The van der Waals surface area contributed by atoms with Crippen LogP contribution in [0.4, 0.5) is 5.69 Å². The fourth-order valence-corrected chi connectivity index (χ4v) is 3.83. The molecule has 0 radical (unpaired) electrons. The highest BCUT2D eigenvalue weighted by atomic mass is 32.2. The van der Waals surface area contributed by atoms with Crippen LogP contribution in [-0.4, -0.2) is 27.7 Å². The van der Waals surface area contributed by atoms with E-state index in [-0.39, 0.29) is 10.5 Å².